The standard InChI is InChI=1S/C26H33N5O3.C7H8/c1-19(22-8-6-5-7-9-22)15-29-16-24-30(18-25(29)32)26(33)17-28(3)31(24)20(2)27-14-21-10-12-23(34-4)13-11-21;1-7-5-3-2-4-6-7/h5-13,19,24,27H,2,14-18H2,1,3-4H3;2-6H,1H3. The number of nitrogens with one attached hydrogen (secondary N) is 1. The topological polar surface area (TPSA) is 68.4 Å². The Labute approximate surface area is 243 Å². The minimum absolute atomic E-state index is 0.0197. The highest BCUT2D eigenvalue weighted by Crippen LogP contribution is 2.26. The number of hydrogen-bond acceptors (Lipinski definition) is 6. The van der Waals surface area contributed by atoms with E-state index in [0.717, 1.165) is 11.3 Å². The third-order valence-corrected chi connectivity index (χ3v) is 7.47. The molecule has 0 bridgehead atoms. The largest absolute Gasteiger partial charge is 0.497 e. The number of hydrogen-bond donors (Lipinski definition) is 1. The number of benzene rings is 3. The lowest BCUT2D eigenvalue weighted by Crippen LogP contribution is -2.71. The van der Waals surface area contributed by atoms with Crippen LogP contribution in [0.1, 0.15) is 29.5 Å². The Balaban J connectivity index is 0.000000483. The molecule has 5 rings (SSSR count). The van der Waals surface area contributed by atoms with Crippen LogP contribution in [0.4, 0.5) is 0 Å². The van der Waals surface area contributed by atoms with Crippen molar-refractivity contribution in [2.45, 2.75) is 32.5 Å². The quantitative estimate of drug-likeness (QED) is 0.449. The van der Waals surface area contributed by atoms with E-state index in [0.29, 0.717) is 25.5 Å². The first-order valence-corrected chi connectivity index (χ1v) is 14.0. The van der Waals surface area contributed by atoms with Crippen LogP contribution < -0.4 is 10.1 Å². The maximum absolute atomic E-state index is 12.9. The summed E-state index contributed by atoms with van der Waals surface area (Å²) < 4.78 is 5.23. The Hall–Kier alpha value is -4.30. The number of nitrogens with zero attached hydrogens (tertiary/aromatic N) is 4. The fraction of sp³-hybridized carbons (Fsp3) is 0.333. The summed E-state index contributed by atoms with van der Waals surface area (Å²) in [7, 11) is 3.52. The number of carbonyl (C=O) groups excluding carboxylic acids is 2. The maximum Gasteiger partial charge on any atom is 0.242 e. The van der Waals surface area contributed by atoms with Gasteiger partial charge in [-0.05, 0) is 36.1 Å². The van der Waals surface area contributed by atoms with Crippen LogP contribution in [0.3, 0.4) is 0 Å². The van der Waals surface area contributed by atoms with Gasteiger partial charge in [0.1, 0.15) is 24.3 Å². The van der Waals surface area contributed by atoms with E-state index in [1.54, 1.807) is 12.0 Å². The van der Waals surface area contributed by atoms with Crippen molar-refractivity contribution in [2.24, 2.45) is 0 Å². The van der Waals surface area contributed by atoms with E-state index >= 15 is 0 Å². The number of aryl methyl sites for hydroxylation is 1. The van der Waals surface area contributed by atoms with Gasteiger partial charge in [-0.15, -0.1) is 0 Å². The summed E-state index contributed by atoms with van der Waals surface area (Å²) in [5.74, 6) is 1.62. The van der Waals surface area contributed by atoms with Gasteiger partial charge in [0.25, 0.3) is 0 Å². The number of hydrazine groups is 1. The molecule has 216 valence electrons. The molecule has 3 aromatic rings. The van der Waals surface area contributed by atoms with Gasteiger partial charge >= 0.3 is 0 Å². The normalized spacial score (nSPS) is 17.8. The molecule has 2 aliphatic heterocycles. The van der Waals surface area contributed by atoms with Crippen molar-refractivity contribution in [2.75, 3.05) is 40.3 Å². The van der Waals surface area contributed by atoms with Crippen LogP contribution in [-0.4, -0.2) is 78.1 Å². The summed E-state index contributed by atoms with van der Waals surface area (Å²) in [5.41, 5.74) is 3.60. The number of ether oxygens (including phenoxy) is 1. The first-order valence-electron chi connectivity index (χ1n) is 14.0. The monoisotopic (exact) mass is 555 g/mol. The molecule has 0 aromatic heterocycles. The molecule has 2 amide bonds. The summed E-state index contributed by atoms with van der Waals surface area (Å²) in [6, 6.07) is 28.3. The molecule has 2 atom stereocenters. The SMILES string of the molecule is C=C(NCc1ccc(OC)cc1)N1C2CN(CC(C)c3ccccc3)C(=O)CN2C(=O)CN1C.Cc1ccccc1. The summed E-state index contributed by atoms with van der Waals surface area (Å²) in [6.45, 7) is 10.4. The van der Waals surface area contributed by atoms with Gasteiger partial charge in [-0.3, -0.25) is 14.6 Å². The molecular formula is C33H41N5O3. The van der Waals surface area contributed by atoms with Crippen LogP contribution in [0.25, 0.3) is 0 Å². The lowest BCUT2D eigenvalue weighted by Gasteiger charge is -2.53. The highest BCUT2D eigenvalue weighted by atomic mass is 16.5. The van der Waals surface area contributed by atoms with Crippen LogP contribution in [-0.2, 0) is 16.1 Å². The molecule has 1 N–H and O–H groups in total. The van der Waals surface area contributed by atoms with Gasteiger partial charge in [-0.2, -0.15) is 0 Å². The predicted molar refractivity (Wildman–Crippen MR) is 162 cm³/mol. The molecule has 8 heteroatoms. The van der Waals surface area contributed by atoms with Gasteiger partial charge in [-0.1, -0.05) is 91.9 Å². The fourth-order valence-electron chi connectivity index (χ4n) is 5.15. The number of carbonyl (C=O) groups is 2. The van der Waals surface area contributed by atoms with E-state index in [4.69, 9.17) is 4.74 Å². The predicted octanol–water partition coefficient (Wildman–Crippen LogP) is 4.21. The molecule has 2 aliphatic rings. The molecule has 3 aromatic carbocycles. The second-order valence-electron chi connectivity index (χ2n) is 10.6. The number of rotatable bonds is 8. The van der Waals surface area contributed by atoms with E-state index in [-0.39, 0.29) is 37.0 Å². The Morgan fingerprint density at radius 2 is 1.59 bits per heavy atom. The summed E-state index contributed by atoms with van der Waals surface area (Å²) >= 11 is 0. The fourth-order valence-corrected chi connectivity index (χ4v) is 5.15. The molecule has 8 nitrogen and oxygen atoms in total. The molecule has 0 radical (unpaired) electrons. The number of methoxy groups -OCH3 is 1. The zero-order valence-corrected chi connectivity index (χ0v) is 24.5. The third-order valence-electron chi connectivity index (χ3n) is 7.47. The lowest BCUT2D eigenvalue weighted by molar-refractivity contribution is -0.183. The zero-order valence-electron chi connectivity index (χ0n) is 24.5. The molecular weight excluding hydrogens is 514 g/mol. The molecule has 2 saturated heterocycles. The van der Waals surface area contributed by atoms with Gasteiger partial charge in [-0.25, -0.2) is 5.01 Å². The molecule has 0 aliphatic carbocycles. The van der Waals surface area contributed by atoms with E-state index in [1.165, 1.54) is 11.1 Å². The van der Waals surface area contributed by atoms with Crippen LogP contribution in [0.15, 0.2) is 97.3 Å². The minimum Gasteiger partial charge on any atom is -0.497 e. The Bertz CT molecular complexity index is 1300. The Morgan fingerprint density at radius 3 is 2.17 bits per heavy atom. The Morgan fingerprint density at radius 1 is 0.951 bits per heavy atom. The summed E-state index contributed by atoms with van der Waals surface area (Å²) in [5, 5.41) is 7.26. The second-order valence-corrected chi connectivity index (χ2v) is 10.6. The highest BCUT2D eigenvalue weighted by molar-refractivity contribution is 5.87. The number of likely N-dealkylation sites (N-methyl/N-ethyl adjacent to an activating group) is 1. The van der Waals surface area contributed by atoms with Crippen LogP contribution in [0, 0.1) is 6.92 Å². The van der Waals surface area contributed by atoms with Crippen molar-refractivity contribution in [3.05, 3.63) is 114 Å². The van der Waals surface area contributed by atoms with Gasteiger partial charge in [0.2, 0.25) is 11.8 Å². The number of fused-ring (bicyclic) bond motifs is 1. The van der Waals surface area contributed by atoms with Crippen LogP contribution in [0.5, 0.6) is 5.75 Å². The van der Waals surface area contributed by atoms with E-state index in [1.807, 2.05) is 82.6 Å². The third kappa shape index (κ3) is 7.67. The highest BCUT2D eigenvalue weighted by Gasteiger charge is 2.44. The van der Waals surface area contributed by atoms with E-state index < -0.39 is 0 Å². The molecule has 0 spiro atoms. The van der Waals surface area contributed by atoms with Crippen molar-refractivity contribution in [3.8, 4) is 5.75 Å². The number of amides is 2. The summed E-state index contributed by atoms with van der Waals surface area (Å²) in [4.78, 5) is 29.2. The minimum atomic E-state index is -0.303. The first kappa shape index (κ1) is 29.7. The molecule has 2 heterocycles. The smallest absolute Gasteiger partial charge is 0.242 e. The van der Waals surface area contributed by atoms with Crippen molar-refractivity contribution in [1.29, 1.82) is 0 Å². The average molecular weight is 556 g/mol. The van der Waals surface area contributed by atoms with Gasteiger partial charge in [0.05, 0.1) is 20.2 Å². The zero-order chi connectivity index (χ0) is 29.4. The molecule has 2 unspecified atom stereocenters. The van der Waals surface area contributed by atoms with Crippen LogP contribution in [0.2, 0.25) is 0 Å². The van der Waals surface area contributed by atoms with Crippen LogP contribution >= 0.6 is 0 Å². The second kappa shape index (κ2) is 13.9. The van der Waals surface area contributed by atoms with Gasteiger partial charge in [0, 0.05) is 20.1 Å². The summed E-state index contributed by atoms with van der Waals surface area (Å²) in [6.07, 6.45) is -0.303. The van der Waals surface area contributed by atoms with Crippen molar-refractivity contribution in [3.63, 3.8) is 0 Å². The van der Waals surface area contributed by atoms with Gasteiger partial charge < -0.3 is 19.9 Å². The van der Waals surface area contributed by atoms with Gasteiger partial charge in [0.15, 0.2) is 0 Å². The molecule has 0 saturated carbocycles. The maximum atomic E-state index is 12.9. The Kier molecular flexibility index (Phi) is 10.0. The van der Waals surface area contributed by atoms with Crippen molar-refractivity contribution >= 4 is 11.8 Å². The van der Waals surface area contributed by atoms with E-state index in [2.05, 4.69) is 50.0 Å². The first-order chi connectivity index (χ1) is 19.8. The number of piperazine rings is 1. The molecule has 41 heavy (non-hydrogen) atoms. The lowest BCUT2D eigenvalue weighted by atomic mass is 10.00. The van der Waals surface area contributed by atoms with E-state index in [9.17, 15) is 9.59 Å². The van der Waals surface area contributed by atoms with Crippen molar-refractivity contribution < 1.29 is 14.3 Å². The molecule has 2 fully saturated rings. The average Bonchev–Trinajstić information content (AvgIpc) is 2.98. The van der Waals surface area contributed by atoms with Crippen molar-refractivity contribution in [1.82, 2.24) is 25.1 Å².